The van der Waals surface area contributed by atoms with Gasteiger partial charge in [0.05, 0.1) is 29.8 Å². The van der Waals surface area contributed by atoms with Gasteiger partial charge in [-0.2, -0.15) is 23.5 Å². The Hall–Kier alpha value is -4.74. The van der Waals surface area contributed by atoms with Crippen LogP contribution in [0.3, 0.4) is 0 Å². The van der Waals surface area contributed by atoms with E-state index < -0.39 is 29.1 Å². The third-order valence-corrected chi connectivity index (χ3v) is 8.48. The zero-order valence-electron chi connectivity index (χ0n) is 25.7. The maximum absolute atomic E-state index is 14.4. The summed E-state index contributed by atoms with van der Waals surface area (Å²) in [4.78, 5) is 18.1. The fourth-order valence-electron chi connectivity index (χ4n) is 5.91. The molecule has 1 saturated heterocycles. The Kier molecular flexibility index (Phi) is 7.64. The molecule has 0 spiro atoms. The molecule has 0 radical (unpaired) electrons. The van der Waals surface area contributed by atoms with Crippen molar-refractivity contribution >= 4 is 11.6 Å². The number of piperidine rings is 1. The number of pyridine rings is 2. The number of amides is 1. The molecule has 1 atom stereocenters. The number of carbonyl (C=O) groups is 1. The fourth-order valence-corrected chi connectivity index (χ4v) is 5.91. The number of halogens is 4. The minimum atomic E-state index is -4.63. The summed E-state index contributed by atoms with van der Waals surface area (Å²) in [6.07, 6.45) is -2.00. The number of nitriles is 1. The minimum absolute atomic E-state index is 0.0298. The molecule has 0 aromatic carbocycles. The predicted octanol–water partition coefficient (Wildman–Crippen LogP) is 6.34. The van der Waals surface area contributed by atoms with E-state index in [0.29, 0.717) is 42.9 Å². The van der Waals surface area contributed by atoms with Gasteiger partial charge in [-0.25, -0.2) is 18.4 Å². The molecule has 5 heterocycles. The van der Waals surface area contributed by atoms with Crippen LogP contribution in [0.1, 0.15) is 75.6 Å². The molecular weight excluding hydrogens is 608 g/mol. The second-order valence-electron chi connectivity index (χ2n) is 12.8. The van der Waals surface area contributed by atoms with Gasteiger partial charge in [0.2, 0.25) is 0 Å². The van der Waals surface area contributed by atoms with E-state index in [0.717, 1.165) is 12.3 Å². The van der Waals surface area contributed by atoms with Crippen LogP contribution in [-0.4, -0.2) is 65.5 Å². The van der Waals surface area contributed by atoms with E-state index in [1.807, 2.05) is 33.8 Å². The van der Waals surface area contributed by atoms with Crippen molar-refractivity contribution in [1.82, 2.24) is 34.5 Å². The third-order valence-electron chi connectivity index (χ3n) is 8.48. The molecule has 1 aliphatic carbocycles. The first-order valence-corrected chi connectivity index (χ1v) is 14.9. The topological polar surface area (TPSA) is 123 Å². The summed E-state index contributed by atoms with van der Waals surface area (Å²) in [6, 6.07) is 5.70. The van der Waals surface area contributed by atoms with Crippen molar-refractivity contribution in [2.75, 3.05) is 13.1 Å². The number of ether oxygens (including phenoxy) is 2. The second-order valence-corrected chi connectivity index (χ2v) is 12.8. The van der Waals surface area contributed by atoms with Gasteiger partial charge in [-0.15, -0.1) is 5.10 Å². The first kappa shape index (κ1) is 31.3. The van der Waals surface area contributed by atoms with Crippen LogP contribution in [0.5, 0.6) is 5.75 Å². The van der Waals surface area contributed by atoms with Crippen molar-refractivity contribution in [2.45, 2.75) is 77.3 Å². The van der Waals surface area contributed by atoms with Crippen molar-refractivity contribution in [3.8, 4) is 23.1 Å². The van der Waals surface area contributed by atoms with Crippen LogP contribution >= 0.6 is 0 Å². The SMILES string of the molecule is Cc1c(-c2cc(OC(c3ccc(F)cn3)C3(C(F)(F)F)CC3)c3c(C#N)cnn3c2)nnn1C1CCN(C(=O)OC(C)(C)C)CC1. The average Bonchev–Trinajstić information content (AvgIpc) is 3.58. The van der Waals surface area contributed by atoms with E-state index in [4.69, 9.17) is 9.47 Å². The number of hydrogen-bond donors (Lipinski definition) is 0. The molecule has 6 rings (SSSR count). The highest BCUT2D eigenvalue weighted by Crippen LogP contribution is 2.65. The van der Waals surface area contributed by atoms with Crippen molar-refractivity contribution in [2.24, 2.45) is 5.41 Å². The molecule has 0 bridgehead atoms. The lowest BCUT2D eigenvalue weighted by molar-refractivity contribution is -0.212. The van der Waals surface area contributed by atoms with Crippen LogP contribution in [0, 0.1) is 29.5 Å². The van der Waals surface area contributed by atoms with Gasteiger partial charge in [0.1, 0.15) is 45.4 Å². The maximum Gasteiger partial charge on any atom is 0.410 e. The van der Waals surface area contributed by atoms with E-state index in [1.54, 1.807) is 15.8 Å². The summed E-state index contributed by atoms with van der Waals surface area (Å²) in [6.45, 7) is 8.23. The molecular formula is C31H32F4N8O3. The van der Waals surface area contributed by atoms with Gasteiger partial charge in [0, 0.05) is 24.8 Å². The summed E-state index contributed by atoms with van der Waals surface area (Å²) in [5.41, 5.74) is -1.05. The molecule has 242 valence electrons. The van der Waals surface area contributed by atoms with Gasteiger partial charge in [-0.3, -0.25) is 4.98 Å². The highest BCUT2D eigenvalue weighted by molar-refractivity contribution is 5.75. The second kappa shape index (κ2) is 11.3. The highest BCUT2D eigenvalue weighted by atomic mass is 19.4. The Morgan fingerprint density at radius 1 is 1.15 bits per heavy atom. The molecule has 0 N–H and O–H groups in total. The van der Waals surface area contributed by atoms with Gasteiger partial charge < -0.3 is 14.4 Å². The van der Waals surface area contributed by atoms with Gasteiger partial charge >= 0.3 is 12.3 Å². The summed E-state index contributed by atoms with van der Waals surface area (Å²) in [5, 5.41) is 22.8. The van der Waals surface area contributed by atoms with E-state index in [1.165, 1.54) is 22.8 Å². The average molecular weight is 641 g/mol. The van der Waals surface area contributed by atoms with Crippen LogP contribution < -0.4 is 4.74 Å². The van der Waals surface area contributed by atoms with Crippen LogP contribution in [0.25, 0.3) is 16.8 Å². The Labute approximate surface area is 261 Å². The van der Waals surface area contributed by atoms with Crippen molar-refractivity contribution < 1.29 is 31.8 Å². The molecule has 1 amide bonds. The Morgan fingerprint density at radius 2 is 1.87 bits per heavy atom. The normalized spacial score (nSPS) is 17.5. The molecule has 2 fully saturated rings. The fraction of sp³-hybridized carbons (Fsp3) is 0.484. The van der Waals surface area contributed by atoms with E-state index in [2.05, 4.69) is 20.4 Å². The minimum Gasteiger partial charge on any atom is -0.481 e. The third kappa shape index (κ3) is 5.72. The standard InChI is InChI=1S/C31H32F4N8O3/c1-18-25(39-40-43(18)22-7-11-41(12-8-22)28(44)46-29(2,3)4)19-13-24(26-20(14-36)15-38-42(26)17-19)45-27(23-6-5-21(32)16-37-23)30(9-10-30)31(33,34)35/h5-6,13,15-17,22,27H,7-12H2,1-4H3. The quantitative estimate of drug-likeness (QED) is 0.224. The summed E-state index contributed by atoms with van der Waals surface area (Å²) in [7, 11) is 0. The van der Waals surface area contributed by atoms with Gasteiger partial charge in [-0.1, -0.05) is 5.21 Å². The maximum atomic E-state index is 14.4. The van der Waals surface area contributed by atoms with Gasteiger partial charge in [0.15, 0.2) is 6.10 Å². The molecule has 4 aromatic heterocycles. The number of nitrogens with zero attached hydrogens (tertiary/aromatic N) is 8. The van der Waals surface area contributed by atoms with Crippen molar-refractivity contribution in [1.29, 1.82) is 5.26 Å². The first-order valence-electron chi connectivity index (χ1n) is 14.9. The summed E-state index contributed by atoms with van der Waals surface area (Å²) >= 11 is 0. The molecule has 1 aliphatic heterocycles. The Balaban J connectivity index is 1.34. The van der Waals surface area contributed by atoms with Crippen molar-refractivity contribution in [3.63, 3.8) is 0 Å². The first-order chi connectivity index (χ1) is 21.7. The smallest absolute Gasteiger partial charge is 0.410 e. The zero-order valence-corrected chi connectivity index (χ0v) is 25.7. The van der Waals surface area contributed by atoms with E-state index in [9.17, 15) is 27.6 Å². The molecule has 15 heteroatoms. The van der Waals surface area contributed by atoms with Crippen LogP contribution in [-0.2, 0) is 4.74 Å². The molecule has 1 unspecified atom stereocenters. The highest BCUT2D eigenvalue weighted by Gasteiger charge is 2.69. The summed E-state index contributed by atoms with van der Waals surface area (Å²) in [5.74, 6) is -0.724. The number of rotatable bonds is 6. The molecule has 4 aromatic rings. The Morgan fingerprint density at radius 3 is 2.46 bits per heavy atom. The number of likely N-dealkylation sites (tertiary alicyclic amines) is 1. The van der Waals surface area contributed by atoms with Crippen LogP contribution in [0.2, 0.25) is 0 Å². The van der Waals surface area contributed by atoms with E-state index >= 15 is 0 Å². The van der Waals surface area contributed by atoms with Crippen molar-refractivity contribution in [3.05, 3.63) is 59.6 Å². The number of fused-ring (bicyclic) bond motifs is 1. The number of hydrogen-bond acceptors (Lipinski definition) is 8. The number of alkyl halides is 3. The summed E-state index contributed by atoms with van der Waals surface area (Å²) < 4.78 is 71.8. The van der Waals surface area contributed by atoms with Crippen LogP contribution in [0.15, 0.2) is 36.8 Å². The number of aromatic nitrogens is 6. The zero-order chi connectivity index (χ0) is 33.0. The molecule has 46 heavy (non-hydrogen) atoms. The van der Waals surface area contributed by atoms with Crippen LogP contribution in [0.4, 0.5) is 22.4 Å². The lowest BCUT2D eigenvalue weighted by atomic mass is 9.94. The van der Waals surface area contributed by atoms with E-state index in [-0.39, 0.29) is 47.5 Å². The largest absolute Gasteiger partial charge is 0.481 e. The van der Waals surface area contributed by atoms with Gasteiger partial charge in [0.25, 0.3) is 0 Å². The predicted molar refractivity (Wildman–Crippen MR) is 155 cm³/mol. The monoisotopic (exact) mass is 640 g/mol. The lowest BCUT2D eigenvalue weighted by Gasteiger charge is -2.33. The molecule has 2 aliphatic rings. The molecule has 1 saturated carbocycles. The number of carbonyl (C=O) groups excluding carboxylic acids is 1. The lowest BCUT2D eigenvalue weighted by Crippen LogP contribution is -2.42. The Bertz CT molecular complexity index is 1810. The van der Waals surface area contributed by atoms with Gasteiger partial charge in [-0.05, 0) is 71.6 Å². The molecule has 11 nitrogen and oxygen atoms in total.